The molecule has 1 unspecified atom stereocenters. The van der Waals surface area contributed by atoms with Crippen LogP contribution in [-0.4, -0.2) is 65.8 Å². The van der Waals surface area contributed by atoms with E-state index in [0.717, 1.165) is 12.1 Å². The Balaban J connectivity index is 1.91. The molecule has 26 heavy (non-hydrogen) atoms. The van der Waals surface area contributed by atoms with E-state index in [-0.39, 0.29) is 11.8 Å². The highest BCUT2D eigenvalue weighted by Gasteiger charge is 2.30. The molecule has 0 radical (unpaired) electrons. The fourth-order valence-electron chi connectivity index (χ4n) is 2.92. The van der Waals surface area contributed by atoms with Crippen molar-refractivity contribution < 1.29 is 22.8 Å². The van der Waals surface area contributed by atoms with Gasteiger partial charge in [0.05, 0.1) is 11.6 Å². The average molecular weight is 371 g/mol. The summed E-state index contributed by atoms with van der Waals surface area (Å²) >= 11 is 0. The molecule has 0 N–H and O–H groups in total. The number of alkyl halides is 3. The van der Waals surface area contributed by atoms with Crippen molar-refractivity contribution in [3.8, 4) is 0 Å². The molecule has 1 saturated heterocycles. The van der Waals surface area contributed by atoms with Crippen molar-refractivity contribution in [2.24, 2.45) is 0 Å². The Morgan fingerprint density at radius 2 is 1.58 bits per heavy atom. The number of hydrogen-bond donors (Lipinski definition) is 0. The minimum absolute atomic E-state index is 0.00423. The molecule has 0 aliphatic carbocycles. The molecule has 1 fully saturated rings. The monoisotopic (exact) mass is 371 g/mol. The van der Waals surface area contributed by atoms with Gasteiger partial charge in [-0.25, -0.2) is 0 Å². The maximum Gasteiger partial charge on any atom is 0.416 e. The van der Waals surface area contributed by atoms with Crippen molar-refractivity contribution in [3.05, 3.63) is 35.4 Å². The summed E-state index contributed by atoms with van der Waals surface area (Å²) in [5, 5.41) is 0. The zero-order valence-electron chi connectivity index (χ0n) is 15.2. The van der Waals surface area contributed by atoms with E-state index in [0.29, 0.717) is 38.3 Å². The maximum atomic E-state index is 12.6. The Kier molecular flexibility index (Phi) is 6.28. The van der Waals surface area contributed by atoms with Crippen molar-refractivity contribution >= 4 is 11.8 Å². The fourth-order valence-corrected chi connectivity index (χ4v) is 2.92. The van der Waals surface area contributed by atoms with Crippen LogP contribution in [-0.2, 0) is 22.3 Å². The molecule has 1 heterocycles. The lowest BCUT2D eigenvalue weighted by Crippen LogP contribution is -2.54. The molecule has 2 rings (SSSR count). The Morgan fingerprint density at radius 3 is 2.04 bits per heavy atom. The van der Waals surface area contributed by atoms with Crippen molar-refractivity contribution in [1.82, 2.24) is 14.7 Å². The van der Waals surface area contributed by atoms with Crippen molar-refractivity contribution in [2.45, 2.75) is 32.6 Å². The number of likely N-dealkylation sites (N-methyl/N-ethyl adjacent to an activating group) is 1. The summed E-state index contributed by atoms with van der Waals surface area (Å²) in [6.07, 6.45) is -4.35. The maximum absolute atomic E-state index is 12.6. The van der Waals surface area contributed by atoms with E-state index in [9.17, 15) is 22.8 Å². The summed E-state index contributed by atoms with van der Waals surface area (Å²) in [4.78, 5) is 29.2. The summed E-state index contributed by atoms with van der Waals surface area (Å²) in [5.74, 6) is -0.0350. The van der Waals surface area contributed by atoms with Gasteiger partial charge in [-0.1, -0.05) is 12.1 Å². The van der Waals surface area contributed by atoms with E-state index < -0.39 is 17.8 Å². The first-order chi connectivity index (χ1) is 12.1. The molecular weight excluding hydrogens is 347 g/mol. The van der Waals surface area contributed by atoms with Crippen molar-refractivity contribution in [3.63, 3.8) is 0 Å². The van der Waals surface area contributed by atoms with Crippen LogP contribution in [0.5, 0.6) is 0 Å². The first-order valence-electron chi connectivity index (χ1n) is 8.50. The Morgan fingerprint density at radius 1 is 1.08 bits per heavy atom. The van der Waals surface area contributed by atoms with Gasteiger partial charge in [0.15, 0.2) is 0 Å². The van der Waals surface area contributed by atoms with Gasteiger partial charge in [0.1, 0.15) is 0 Å². The third-order valence-corrected chi connectivity index (χ3v) is 4.77. The quantitative estimate of drug-likeness (QED) is 0.815. The summed E-state index contributed by atoms with van der Waals surface area (Å²) in [6, 6.07) is 4.57. The van der Waals surface area contributed by atoms with Gasteiger partial charge in [-0.15, -0.1) is 0 Å². The highest BCUT2D eigenvalue weighted by Crippen LogP contribution is 2.29. The summed E-state index contributed by atoms with van der Waals surface area (Å²) < 4.78 is 37.8. The molecule has 8 heteroatoms. The molecule has 1 aromatic carbocycles. The van der Waals surface area contributed by atoms with Crippen molar-refractivity contribution in [2.75, 3.05) is 33.2 Å². The zero-order valence-corrected chi connectivity index (χ0v) is 15.2. The lowest BCUT2D eigenvalue weighted by atomic mass is 10.1. The lowest BCUT2D eigenvalue weighted by Gasteiger charge is -2.37. The Labute approximate surface area is 151 Å². The molecule has 1 atom stereocenters. The minimum atomic E-state index is -4.35. The van der Waals surface area contributed by atoms with Crippen LogP contribution in [0.25, 0.3) is 0 Å². The average Bonchev–Trinajstić information content (AvgIpc) is 2.60. The Hall–Kier alpha value is -2.09. The summed E-state index contributed by atoms with van der Waals surface area (Å²) in [6.45, 7) is 5.71. The van der Waals surface area contributed by atoms with Gasteiger partial charge < -0.3 is 9.80 Å². The van der Waals surface area contributed by atoms with Crippen LogP contribution in [0.1, 0.15) is 25.0 Å². The van der Waals surface area contributed by atoms with Gasteiger partial charge in [0, 0.05) is 39.6 Å². The second-order valence-corrected chi connectivity index (χ2v) is 6.62. The second kappa shape index (κ2) is 8.07. The summed E-state index contributed by atoms with van der Waals surface area (Å²) in [7, 11) is 1.77. The van der Waals surface area contributed by atoms with E-state index in [4.69, 9.17) is 0 Å². The van der Waals surface area contributed by atoms with Crippen LogP contribution < -0.4 is 0 Å². The SMILES string of the molecule is CC(=O)N1CCN(C(=O)C(C)N(C)Cc2ccc(C(F)(F)F)cc2)CC1. The third-order valence-electron chi connectivity index (χ3n) is 4.77. The zero-order chi connectivity index (χ0) is 19.5. The van der Waals surface area contributed by atoms with Crippen LogP contribution in [0.15, 0.2) is 24.3 Å². The third kappa shape index (κ3) is 4.97. The van der Waals surface area contributed by atoms with Gasteiger partial charge in [-0.3, -0.25) is 14.5 Å². The van der Waals surface area contributed by atoms with E-state index in [1.165, 1.54) is 19.1 Å². The normalized spacial score (nSPS) is 16.7. The second-order valence-electron chi connectivity index (χ2n) is 6.62. The first-order valence-corrected chi connectivity index (χ1v) is 8.50. The van der Waals surface area contributed by atoms with E-state index in [1.54, 1.807) is 23.8 Å². The fraction of sp³-hybridized carbons (Fsp3) is 0.556. The largest absolute Gasteiger partial charge is 0.416 e. The highest BCUT2D eigenvalue weighted by molar-refractivity contribution is 5.82. The van der Waals surface area contributed by atoms with E-state index >= 15 is 0 Å². The molecule has 1 aliphatic heterocycles. The molecule has 0 spiro atoms. The Bertz CT molecular complexity index is 638. The number of hydrogen-bond acceptors (Lipinski definition) is 3. The van der Waals surface area contributed by atoms with Crippen LogP contribution in [0.3, 0.4) is 0 Å². The topological polar surface area (TPSA) is 43.9 Å². The van der Waals surface area contributed by atoms with Crippen molar-refractivity contribution in [1.29, 1.82) is 0 Å². The smallest absolute Gasteiger partial charge is 0.339 e. The summed E-state index contributed by atoms with van der Waals surface area (Å²) in [5.41, 5.74) is 0.0259. The number of carbonyl (C=O) groups excluding carboxylic acids is 2. The standard InChI is InChI=1S/C18H24F3N3O2/c1-13(17(26)24-10-8-23(9-11-24)14(2)25)22(3)12-15-4-6-16(7-5-15)18(19,20)21/h4-7,13H,8-12H2,1-3H3. The molecule has 0 bridgehead atoms. The predicted octanol–water partition coefficient (Wildman–Crippen LogP) is 2.22. The van der Waals surface area contributed by atoms with E-state index in [1.807, 2.05) is 4.90 Å². The van der Waals surface area contributed by atoms with Gasteiger partial charge in [-0.05, 0) is 31.7 Å². The van der Waals surface area contributed by atoms with Crippen LogP contribution >= 0.6 is 0 Å². The van der Waals surface area contributed by atoms with E-state index in [2.05, 4.69) is 0 Å². The number of piperazine rings is 1. The highest BCUT2D eigenvalue weighted by atomic mass is 19.4. The van der Waals surface area contributed by atoms with Crippen LogP contribution in [0.2, 0.25) is 0 Å². The molecular formula is C18H24F3N3O2. The van der Waals surface area contributed by atoms with Gasteiger partial charge in [-0.2, -0.15) is 13.2 Å². The lowest BCUT2D eigenvalue weighted by molar-refractivity contribution is -0.141. The molecule has 5 nitrogen and oxygen atoms in total. The van der Waals surface area contributed by atoms with Crippen LogP contribution in [0.4, 0.5) is 13.2 Å². The number of carbonyl (C=O) groups is 2. The molecule has 1 aliphatic rings. The molecule has 2 amide bonds. The van der Waals surface area contributed by atoms with Gasteiger partial charge >= 0.3 is 6.18 Å². The first kappa shape index (κ1) is 20.2. The van der Waals surface area contributed by atoms with Gasteiger partial charge in [0.2, 0.25) is 11.8 Å². The predicted molar refractivity (Wildman–Crippen MR) is 91.2 cm³/mol. The molecule has 0 saturated carbocycles. The molecule has 144 valence electrons. The van der Waals surface area contributed by atoms with Crippen LogP contribution in [0, 0.1) is 0 Å². The number of benzene rings is 1. The molecule has 0 aromatic heterocycles. The number of rotatable bonds is 4. The molecule has 1 aromatic rings. The number of nitrogens with zero attached hydrogens (tertiary/aromatic N) is 3. The number of amides is 2. The van der Waals surface area contributed by atoms with Gasteiger partial charge in [0.25, 0.3) is 0 Å². The minimum Gasteiger partial charge on any atom is -0.339 e. The number of halogens is 3.